The maximum atomic E-state index is 12.5. The molecular weight excluding hydrogens is 364 g/mol. The molecule has 1 aromatic rings. The second-order valence-electron chi connectivity index (χ2n) is 7.56. The molecule has 2 fully saturated rings. The predicted molar refractivity (Wildman–Crippen MR) is 109 cm³/mol. The van der Waals surface area contributed by atoms with Crippen molar-refractivity contribution in [3.63, 3.8) is 0 Å². The molecule has 0 radical (unpaired) electrons. The Morgan fingerprint density at radius 2 is 1.74 bits per heavy atom. The van der Waals surface area contributed by atoms with Gasteiger partial charge in [0.2, 0.25) is 5.91 Å². The SMILES string of the molecule is CCCOc1ccc(C(=O)CCC(=O)N(C)C2CC3CCC(C2)N3)cc1.Cl. The second kappa shape index (κ2) is 10.1. The molecule has 5 nitrogen and oxygen atoms in total. The minimum absolute atomic E-state index is 0. The highest BCUT2D eigenvalue weighted by molar-refractivity contribution is 5.98. The van der Waals surface area contributed by atoms with Gasteiger partial charge < -0.3 is 15.0 Å². The fourth-order valence-electron chi connectivity index (χ4n) is 4.05. The molecule has 150 valence electrons. The largest absolute Gasteiger partial charge is 0.494 e. The molecular formula is C21H31ClN2O3. The summed E-state index contributed by atoms with van der Waals surface area (Å²) in [7, 11) is 1.89. The Bertz CT molecular complexity index is 623. The number of carbonyl (C=O) groups excluding carboxylic acids is 2. The van der Waals surface area contributed by atoms with Crippen LogP contribution < -0.4 is 10.1 Å². The van der Waals surface area contributed by atoms with E-state index in [4.69, 9.17) is 4.74 Å². The van der Waals surface area contributed by atoms with Crippen LogP contribution >= 0.6 is 12.4 Å². The van der Waals surface area contributed by atoms with Crippen LogP contribution in [0.15, 0.2) is 24.3 Å². The molecule has 2 aliphatic rings. The van der Waals surface area contributed by atoms with Gasteiger partial charge in [-0.15, -0.1) is 12.4 Å². The van der Waals surface area contributed by atoms with E-state index < -0.39 is 0 Å². The molecule has 2 atom stereocenters. The van der Waals surface area contributed by atoms with E-state index in [-0.39, 0.29) is 36.9 Å². The first kappa shape index (κ1) is 21.7. The maximum absolute atomic E-state index is 12.5. The molecule has 2 heterocycles. The molecule has 1 aromatic carbocycles. The van der Waals surface area contributed by atoms with Gasteiger partial charge in [0.05, 0.1) is 6.61 Å². The zero-order valence-corrected chi connectivity index (χ0v) is 17.1. The Balaban J connectivity index is 0.00000261. The average molecular weight is 395 g/mol. The van der Waals surface area contributed by atoms with E-state index in [1.165, 1.54) is 12.8 Å². The number of rotatable bonds is 8. The number of ketones is 1. The number of ether oxygens (including phenoxy) is 1. The van der Waals surface area contributed by atoms with Crippen LogP contribution in [-0.2, 0) is 4.79 Å². The third-order valence-corrected chi connectivity index (χ3v) is 5.60. The Morgan fingerprint density at radius 1 is 1.11 bits per heavy atom. The Hall–Kier alpha value is -1.59. The smallest absolute Gasteiger partial charge is 0.223 e. The van der Waals surface area contributed by atoms with Gasteiger partial charge in [-0.2, -0.15) is 0 Å². The molecule has 2 unspecified atom stereocenters. The highest BCUT2D eigenvalue weighted by Crippen LogP contribution is 2.29. The lowest BCUT2D eigenvalue weighted by Crippen LogP contribution is -2.48. The molecule has 1 amide bonds. The third-order valence-electron chi connectivity index (χ3n) is 5.60. The lowest BCUT2D eigenvalue weighted by Gasteiger charge is -2.35. The minimum Gasteiger partial charge on any atom is -0.494 e. The first-order chi connectivity index (χ1) is 12.6. The normalized spacial score (nSPS) is 23.4. The van der Waals surface area contributed by atoms with Crippen molar-refractivity contribution in [2.45, 2.75) is 70.0 Å². The van der Waals surface area contributed by atoms with Gasteiger partial charge in [0.15, 0.2) is 5.78 Å². The molecule has 0 aromatic heterocycles. The van der Waals surface area contributed by atoms with Gasteiger partial charge in [0.1, 0.15) is 5.75 Å². The fourth-order valence-corrected chi connectivity index (χ4v) is 4.05. The monoisotopic (exact) mass is 394 g/mol. The van der Waals surface area contributed by atoms with Crippen molar-refractivity contribution >= 4 is 24.1 Å². The van der Waals surface area contributed by atoms with Gasteiger partial charge in [-0.05, 0) is 56.4 Å². The lowest BCUT2D eigenvalue weighted by atomic mass is 9.98. The van der Waals surface area contributed by atoms with Gasteiger partial charge in [0.25, 0.3) is 0 Å². The number of nitrogens with one attached hydrogen (secondary N) is 1. The number of hydrogen-bond acceptors (Lipinski definition) is 4. The second-order valence-corrected chi connectivity index (χ2v) is 7.56. The van der Waals surface area contributed by atoms with Crippen molar-refractivity contribution in [1.82, 2.24) is 10.2 Å². The topological polar surface area (TPSA) is 58.6 Å². The van der Waals surface area contributed by atoms with Crippen LogP contribution in [0, 0.1) is 0 Å². The van der Waals surface area contributed by atoms with Crippen molar-refractivity contribution in [2.75, 3.05) is 13.7 Å². The fraction of sp³-hybridized carbons (Fsp3) is 0.619. The van der Waals surface area contributed by atoms with E-state index >= 15 is 0 Å². The number of benzene rings is 1. The van der Waals surface area contributed by atoms with Crippen molar-refractivity contribution in [3.05, 3.63) is 29.8 Å². The Kier molecular flexibility index (Phi) is 8.11. The van der Waals surface area contributed by atoms with E-state index in [0.717, 1.165) is 25.0 Å². The lowest BCUT2D eigenvalue weighted by molar-refractivity contribution is -0.132. The van der Waals surface area contributed by atoms with E-state index in [9.17, 15) is 9.59 Å². The first-order valence-electron chi connectivity index (χ1n) is 9.84. The number of amides is 1. The van der Waals surface area contributed by atoms with Crippen LogP contribution in [-0.4, -0.2) is 48.4 Å². The summed E-state index contributed by atoms with van der Waals surface area (Å²) >= 11 is 0. The van der Waals surface area contributed by atoms with Gasteiger partial charge in [-0.1, -0.05) is 6.92 Å². The number of halogens is 1. The first-order valence-corrected chi connectivity index (χ1v) is 9.84. The summed E-state index contributed by atoms with van der Waals surface area (Å²) in [4.78, 5) is 26.8. The van der Waals surface area contributed by atoms with Crippen molar-refractivity contribution in [3.8, 4) is 5.75 Å². The quantitative estimate of drug-likeness (QED) is 0.684. The van der Waals surface area contributed by atoms with Gasteiger partial charge >= 0.3 is 0 Å². The molecule has 2 aliphatic heterocycles. The van der Waals surface area contributed by atoms with Gasteiger partial charge in [0, 0.05) is 43.6 Å². The van der Waals surface area contributed by atoms with Crippen LogP contribution in [0.5, 0.6) is 5.75 Å². The van der Waals surface area contributed by atoms with Crippen LogP contribution in [0.1, 0.15) is 62.2 Å². The number of Topliss-reactive ketones (excluding diaryl/α,β-unsaturated/α-hetero) is 1. The molecule has 3 rings (SSSR count). The molecule has 0 spiro atoms. The zero-order valence-electron chi connectivity index (χ0n) is 16.3. The number of fused-ring (bicyclic) bond motifs is 2. The molecule has 1 N–H and O–H groups in total. The molecule has 2 bridgehead atoms. The van der Waals surface area contributed by atoms with Crippen LogP contribution in [0.25, 0.3) is 0 Å². The molecule has 2 saturated heterocycles. The highest BCUT2D eigenvalue weighted by Gasteiger charge is 2.36. The predicted octanol–water partition coefficient (Wildman–Crippen LogP) is 3.60. The third kappa shape index (κ3) is 5.69. The van der Waals surface area contributed by atoms with Gasteiger partial charge in [-0.25, -0.2) is 0 Å². The molecule has 27 heavy (non-hydrogen) atoms. The zero-order chi connectivity index (χ0) is 18.5. The van der Waals surface area contributed by atoms with Gasteiger partial charge in [-0.3, -0.25) is 9.59 Å². The highest BCUT2D eigenvalue weighted by atomic mass is 35.5. The van der Waals surface area contributed by atoms with Crippen LogP contribution in [0.3, 0.4) is 0 Å². The summed E-state index contributed by atoms with van der Waals surface area (Å²) in [5.41, 5.74) is 0.643. The number of carbonyl (C=O) groups is 2. The number of nitrogens with zero attached hydrogens (tertiary/aromatic N) is 1. The maximum Gasteiger partial charge on any atom is 0.223 e. The number of hydrogen-bond donors (Lipinski definition) is 1. The summed E-state index contributed by atoms with van der Waals surface area (Å²) in [6, 6.07) is 8.64. The Labute approximate surface area is 168 Å². The van der Waals surface area contributed by atoms with Crippen LogP contribution in [0.4, 0.5) is 0 Å². The summed E-state index contributed by atoms with van der Waals surface area (Å²) in [6.07, 6.45) is 6.00. The van der Waals surface area contributed by atoms with E-state index in [1.54, 1.807) is 12.1 Å². The van der Waals surface area contributed by atoms with E-state index in [0.29, 0.717) is 30.3 Å². The van der Waals surface area contributed by atoms with Crippen molar-refractivity contribution in [1.29, 1.82) is 0 Å². The van der Waals surface area contributed by atoms with Crippen molar-refractivity contribution < 1.29 is 14.3 Å². The average Bonchev–Trinajstić information content (AvgIpc) is 3.01. The molecule has 6 heteroatoms. The van der Waals surface area contributed by atoms with E-state index in [2.05, 4.69) is 12.2 Å². The summed E-state index contributed by atoms with van der Waals surface area (Å²) in [5, 5.41) is 3.60. The number of piperidine rings is 1. The standard InChI is InChI=1S/C21H30N2O3.ClH/c1-3-12-26-19-8-4-15(5-9-19)20(24)10-11-21(25)23(2)18-13-16-6-7-17(14-18)22-16;/h4-5,8-9,16-18,22H,3,6-7,10-14H2,1-2H3;1H. The molecule has 0 aliphatic carbocycles. The Morgan fingerprint density at radius 3 is 2.33 bits per heavy atom. The molecule has 0 saturated carbocycles. The summed E-state index contributed by atoms with van der Waals surface area (Å²) < 4.78 is 5.53. The minimum atomic E-state index is 0. The summed E-state index contributed by atoms with van der Waals surface area (Å²) in [6.45, 7) is 2.73. The van der Waals surface area contributed by atoms with Crippen LogP contribution in [0.2, 0.25) is 0 Å². The van der Waals surface area contributed by atoms with E-state index in [1.807, 2.05) is 24.1 Å². The summed E-state index contributed by atoms with van der Waals surface area (Å²) in [5.74, 6) is 0.867. The van der Waals surface area contributed by atoms with Crippen molar-refractivity contribution in [2.24, 2.45) is 0 Å².